The van der Waals surface area contributed by atoms with Gasteiger partial charge in [-0.15, -0.1) is 0 Å². The number of carbonyl (C=O) groups excluding carboxylic acids is 1. The lowest BCUT2D eigenvalue weighted by Gasteiger charge is -2.33. The fourth-order valence-electron chi connectivity index (χ4n) is 2.91. The van der Waals surface area contributed by atoms with E-state index in [2.05, 4.69) is 14.9 Å². The van der Waals surface area contributed by atoms with Crippen LogP contribution in [0, 0.1) is 19.8 Å². The number of nitrogens with one attached hydrogen (secondary N) is 1. The highest BCUT2D eigenvalue weighted by molar-refractivity contribution is 5.82. The maximum absolute atomic E-state index is 12.5. The van der Waals surface area contributed by atoms with Gasteiger partial charge in [-0.1, -0.05) is 0 Å². The monoisotopic (exact) mass is 277 g/mol. The molecule has 2 aliphatic rings. The fraction of sp³-hybridized carbons (Fsp3) is 0.733. The Balaban J connectivity index is 1.90. The number of hydrogen-bond acceptors (Lipinski definition) is 4. The number of aryl methyl sites for hydroxylation is 1. The van der Waals surface area contributed by atoms with Crippen LogP contribution in [-0.4, -0.2) is 34.2 Å². The number of rotatable bonds is 6. The molecule has 2 saturated carbocycles. The average molecular weight is 277 g/mol. The second-order valence-electron chi connectivity index (χ2n) is 6.20. The van der Waals surface area contributed by atoms with Crippen molar-refractivity contribution >= 4 is 5.97 Å². The molecule has 2 fully saturated rings. The summed E-state index contributed by atoms with van der Waals surface area (Å²) in [7, 11) is 1.49. The minimum atomic E-state index is -0.576. The van der Waals surface area contributed by atoms with Gasteiger partial charge in [0, 0.05) is 11.7 Å². The Morgan fingerprint density at radius 3 is 2.60 bits per heavy atom. The van der Waals surface area contributed by atoms with Gasteiger partial charge < -0.3 is 9.30 Å². The number of hydrogen-bond donors (Lipinski definition) is 1. The SMILES string of the molecule is COC(=O)C(Cn1cnc(C)c1C)(NC1CC1)C1CC1. The third-order valence-corrected chi connectivity index (χ3v) is 4.63. The predicted octanol–water partition coefficient (Wildman–Crippen LogP) is 1.57. The van der Waals surface area contributed by atoms with Crippen LogP contribution in [0.5, 0.6) is 0 Å². The average Bonchev–Trinajstić information content (AvgIpc) is 3.33. The van der Waals surface area contributed by atoms with Crippen LogP contribution < -0.4 is 5.32 Å². The van der Waals surface area contributed by atoms with Crippen molar-refractivity contribution in [3.8, 4) is 0 Å². The molecule has 110 valence electrons. The van der Waals surface area contributed by atoms with E-state index in [0.717, 1.165) is 37.1 Å². The Morgan fingerprint density at radius 2 is 2.15 bits per heavy atom. The van der Waals surface area contributed by atoms with Crippen molar-refractivity contribution in [1.82, 2.24) is 14.9 Å². The van der Waals surface area contributed by atoms with Crippen LogP contribution in [0.3, 0.4) is 0 Å². The normalized spacial score (nSPS) is 21.6. The second-order valence-corrected chi connectivity index (χ2v) is 6.20. The molecule has 0 aromatic carbocycles. The molecule has 1 atom stereocenters. The number of ether oxygens (including phenoxy) is 1. The first-order chi connectivity index (χ1) is 9.56. The van der Waals surface area contributed by atoms with E-state index in [-0.39, 0.29) is 5.97 Å². The number of imidazole rings is 1. The van der Waals surface area contributed by atoms with Gasteiger partial charge in [0.2, 0.25) is 0 Å². The number of nitrogens with zero attached hydrogens (tertiary/aromatic N) is 2. The van der Waals surface area contributed by atoms with Crippen LogP contribution in [-0.2, 0) is 16.1 Å². The standard InChI is InChI=1S/C15H23N3O2/c1-10-11(2)18(9-16-10)8-15(12-4-5-12,14(19)20-3)17-13-6-7-13/h9,12-13,17H,4-8H2,1-3H3. The van der Waals surface area contributed by atoms with Gasteiger partial charge in [0.1, 0.15) is 5.54 Å². The summed E-state index contributed by atoms with van der Waals surface area (Å²) in [5, 5.41) is 3.58. The first-order valence-electron chi connectivity index (χ1n) is 7.41. The van der Waals surface area contributed by atoms with Crippen molar-refractivity contribution < 1.29 is 9.53 Å². The van der Waals surface area contributed by atoms with Crippen molar-refractivity contribution in [3.05, 3.63) is 17.7 Å². The summed E-state index contributed by atoms with van der Waals surface area (Å²) in [5.41, 5.74) is 1.57. The summed E-state index contributed by atoms with van der Waals surface area (Å²) in [6, 6.07) is 0.472. The Hall–Kier alpha value is -1.36. The molecule has 1 aromatic heterocycles. The molecular weight excluding hydrogens is 254 g/mol. The topological polar surface area (TPSA) is 56.2 Å². The molecule has 0 bridgehead atoms. The van der Waals surface area contributed by atoms with E-state index in [1.54, 1.807) is 0 Å². The van der Waals surface area contributed by atoms with Gasteiger partial charge >= 0.3 is 5.97 Å². The molecule has 0 saturated heterocycles. The Bertz CT molecular complexity index is 517. The molecule has 5 nitrogen and oxygen atoms in total. The maximum atomic E-state index is 12.5. The van der Waals surface area contributed by atoms with Gasteiger partial charge in [-0.3, -0.25) is 5.32 Å². The van der Waals surface area contributed by atoms with Crippen LogP contribution in [0.2, 0.25) is 0 Å². The predicted molar refractivity (Wildman–Crippen MR) is 75.3 cm³/mol. The Kier molecular flexibility index (Phi) is 3.32. The smallest absolute Gasteiger partial charge is 0.328 e. The lowest BCUT2D eigenvalue weighted by atomic mass is 9.92. The quantitative estimate of drug-likeness (QED) is 0.802. The molecule has 5 heteroatoms. The third-order valence-electron chi connectivity index (χ3n) is 4.63. The summed E-state index contributed by atoms with van der Waals surface area (Å²) in [5.74, 6) is 0.260. The molecule has 1 aromatic rings. The summed E-state index contributed by atoms with van der Waals surface area (Å²) < 4.78 is 7.21. The molecule has 1 heterocycles. The molecule has 3 rings (SSSR count). The lowest BCUT2D eigenvalue weighted by Crippen LogP contribution is -2.58. The van der Waals surface area contributed by atoms with Crippen molar-refractivity contribution in [2.24, 2.45) is 5.92 Å². The highest BCUT2D eigenvalue weighted by atomic mass is 16.5. The molecule has 20 heavy (non-hydrogen) atoms. The van der Waals surface area contributed by atoms with E-state index in [0.29, 0.717) is 18.5 Å². The van der Waals surface area contributed by atoms with Gasteiger partial charge in [-0.05, 0) is 45.4 Å². The second kappa shape index (κ2) is 4.88. The lowest BCUT2D eigenvalue weighted by molar-refractivity contribution is -0.150. The summed E-state index contributed by atoms with van der Waals surface area (Å²) in [6.45, 7) is 4.67. The van der Waals surface area contributed by atoms with Gasteiger partial charge in [-0.2, -0.15) is 0 Å². The van der Waals surface area contributed by atoms with Crippen LogP contribution in [0.4, 0.5) is 0 Å². The van der Waals surface area contributed by atoms with Gasteiger partial charge in [0.25, 0.3) is 0 Å². The molecule has 0 spiro atoms. The van der Waals surface area contributed by atoms with Gasteiger partial charge in [0.05, 0.1) is 25.7 Å². The number of aromatic nitrogens is 2. The third kappa shape index (κ3) is 2.35. The molecule has 2 aliphatic carbocycles. The van der Waals surface area contributed by atoms with E-state index in [1.807, 2.05) is 20.2 Å². The summed E-state index contributed by atoms with van der Waals surface area (Å²) in [4.78, 5) is 16.8. The van der Waals surface area contributed by atoms with Crippen molar-refractivity contribution in [2.75, 3.05) is 7.11 Å². The first-order valence-corrected chi connectivity index (χ1v) is 7.41. The van der Waals surface area contributed by atoms with Crippen LogP contribution in [0.1, 0.15) is 37.1 Å². The van der Waals surface area contributed by atoms with Crippen molar-refractivity contribution in [1.29, 1.82) is 0 Å². The zero-order valence-electron chi connectivity index (χ0n) is 12.5. The van der Waals surface area contributed by atoms with E-state index in [4.69, 9.17) is 4.74 Å². The maximum Gasteiger partial charge on any atom is 0.328 e. The minimum absolute atomic E-state index is 0.127. The van der Waals surface area contributed by atoms with Crippen LogP contribution >= 0.6 is 0 Å². The van der Waals surface area contributed by atoms with Gasteiger partial charge in [0.15, 0.2) is 0 Å². The van der Waals surface area contributed by atoms with Crippen molar-refractivity contribution in [2.45, 2.75) is 57.7 Å². The zero-order valence-corrected chi connectivity index (χ0v) is 12.5. The molecule has 1 unspecified atom stereocenters. The van der Waals surface area contributed by atoms with E-state index in [9.17, 15) is 4.79 Å². The van der Waals surface area contributed by atoms with Gasteiger partial charge in [-0.25, -0.2) is 9.78 Å². The largest absolute Gasteiger partial charge is 0.468 e. The van der Waals surface area contributed by atoms with E-state index in [1.165, 1.54) is 7.11 Å². The first kappa shape index (κ1) is 13.6. The molecule has 0 aliphatic heterocycles. The van der Waals surface area contributed by atoms with E-state index >= 15 is 0 Å². The minimum Gasteiger partial charge on any atom is -0.468 e. The van der Waals surface area contributed by atoms with Crippen LogP contribution in [0.15, 0.2) is 6.33 Å². The fourth-order valence-corrected chi connectivity index (χ4v) is 2.91. The van der Waals surface area contributed by atoms with Crippen LogP contribution in [0.25, 0.3) is 0 Å². The number of esters is 1. The Morgan fingerprint density at radius 1 is 1.45 bits per heavy atom. The molecule has 0 amide bonds. The summed E-state index contributed by atoms with van der Waals surface area (Å²) in [6.07, 6.45) is 6.35. The number of carbonyl (C=O) groups is 1. The van der Waals surface area contributed by atoms with Crippen molar-refractivity contribution in [3.63, 3.8) is 0 Å². The zero-order chi connectivity index (χ0) is 14.3. The molecule has 0 radical (unpaired) electrons. The Labute approximate surface area is 119 Å². The highest BCUT2D eigenvalue weighted by Crippen LogP contribution is 2.43. The number of methoxy groups -OCH3 is 1. The summed E-state index contributed by atoms with van der Waals surface area (Å²) >= 11 is 0. The molecular formula is C15H23N3O2. The highest BCUT2D eigenvalue weighted by Gasteiger charge is 2.54. The molecule has 1 N–H and O–H groups in total. The van der Waals surface area contributed by atoms with E-state index < -0.39 is 5.54 Å².